The summed E-state index contributed by atoms with van der Waals surface area (Å²) in [7, 11) is 0. The number of nitrogens with zero attached hydrogens (tertiary/aromatic N) is 2. The number of rotatable bonds is 3. The van der Waals surface area contributed by atoms with Crippen LogP contribution in [0, 0.1) is 0 Å². The Morgan fingerprint density at radius 2 is 2.47 bits per heavy atom. The van der Waals surface area contributed by atoms with Crippen molar-refractivity contribution in [1.82, 2.24) is 9.88 Å². The molecule has 0 amide bonds. The highest BCUT2D eigenvalue weighted by atomic mass is 16.4. The normalized spacial score (nSPS) is 22.8. The van der Waals surface area contributed by atoms with Gasteiger partial charge in [-0.25, -0.2) is 4.98 Å². The van der Waals surface area contributed by atoms with Gasteiger partial charge in [-0.3, -0.25) is 4.90 Å². The number of hydrogen-bond donors (Lipinski definition) is 1. The molecule has 15 heavy (non-hydrogen) atoms. The van der Waals surface area contributed by atoms with E-state index in [2.05, 4.69) is 23.7 Å². The predicted octanol–water partition coefficient (Wildman–Crippen LogP) is 1.71. The standard InChI is InChI=1S/C11H18N2O2/c1-8(2)13-5-3-4-10(13)11-12-6-9(7-14)15-11/h6,8,10,14H,3-5,7H2,1-2H3. The zero-order chi connectivity index (χ0) is 10.8. The van der Waals surface area contributed by atoms with Crippen molar-refractivity contribution < 1.29 is 9.52 Å². The van der Waals surface area contributed by atoms with Gasteiger partial charge in [0.25, 0.3) is 0 Å². The molecule has 1 saturated heterocycles. The Labute approximate surface area is 89.9 Å². The van der Waals surface area contributed by atoms with E-state index in [1.165, 1.54) is 6.42 Å². The highest BCUT2D eigenvalue weighted by molar-refractivity contribution is 5.00. The predicted molar refractivity (Wildman–Crippen MR) is 56.2 cm³/mol. The van der Waals surface area contributed by atoms with E-state index in [4.69, 9.17) is 9.52 Å². The van der Waals surface area contributed by atoms with Crippen LogP contribution in [0.2, 0.25) is 0 Å². The van der Waals surface area contributed by atoms with Crippen molar-refractivity contribution in [3.63, 3.8) is 0 Å². The molecule has 2 rings (SSSR count). The summed E-state index contributed by atoms with van der Waals surface area (Å²) in [4.78, 5) is 6.63. The lowest BCUT2D eigenvalue weighted by Gasteiger charge is -2.25. The smallest absolute Gasteiger partial charge is 0.211 e. The first-order chi connectivity index (χ1) is 7.22. The lowest BCUT2D eigenvalue weighted by Crippen LogP contribution is -2.30. The molecular weight excluding hydrogens is 192 g/mol. The third-order valence-corrected chi connectivity index (χ3v) is 2.97. The van der Waals surface area contributed by atoms with Gasteiger partial charge in [0.1, 0.15) is 12.4 Å². The zero-order valence-corrected chi connectivity index (χ0v) is 9.31. The van der Waals surface area contributed by atoms with Crippen LogP contribution in [0.25, 0.3) is 0 Å². The van der Waals surface area contributed by atoms with E-state index in [1.807, 2.05) is 0 Å². The van der Waals surface area contributed by atoms with Gasteiger partial charge in [0, 0.05) is 6.04 Å². The van der Waals surface area contributed by atoms with Crippen LogP contribution in [-0.4, -0.2) is 27.6 Å². The second-order valence-corrected chi connectivity index (χ2v) is 4.31. The van der Waals surface area contributed by atoms with Crippen LogP contribution >= 0.6 is 0 Å². The first-order valence-electron chi connectivity index (χ1n) is 5.53. The molecule has 0 radical (unpaired) electrons. The summed E-state index contributed by atoms with van der Waals surface area (Å²) in [6, 6.07) is 0.812. The van der Waals surface area contributed by atoms with Crippen molar-refractivity contribution in [2.45, 2.75) is 45.4 Å². The highest BCUT2D eigenvalue weighted by Crippen LogP contribution is 2.32. The minimum Gasteiger partial charge on any atom is -0.442 e. The molecule has 84 valence electrons. The molecule has 1 aromatic rings. The van der Waals surface area contributed by atoms with Crippen LogP contribution in [-0.2, 0) is 6.61 Å². The van der Waals surface area contributed by atoms with Crippen molar-refractivity contribution >= 4 is 0 Å². The average Bonchev–Trinajstić information content (AvgIpc) is 2.85. The van der Waals surface area contributed by atoms with Crippen molar-refractivity contribution in [3.8, 4) is 0 Å². The number of aliphatic hydroxyl groups is 1. The van der Waals surface area contributed by atoms with Gasteiger partial charge in [-0.15, -0.1) is 0 Å². The summed E-state index contributed by atoms with van der Waals surface area (Å²) in [5, 5.41) is 8.92. The largest absolute Gasteiger partial charge is 0.442 e. The number of likely N-dealkylation sites (tertiary alicyclic amines) is 1. The van der Waals surface area contributed by atoms with Crippen LogP contribution in [0.5, 0.6) is 0 Å². The molecule has 0 aromatic carbocycles. The number of oxazole rings is 1. The molecule has 1 unspecified atom stereocenters. The second kappa shape index (κ2) is 4.33. The van der Waals surface area contributed by atoms with Crippen LogP contribution < -0.4 is 0 Å². The lowest BCUT2D eigenvalue weighted by atomic mass is 10.2. The number of aliphatic hydroxyl groups excluding tert-OH is 1. The topological polar surface area (TPSA) is 49.5 Å². The van der Waals surface area contributed by atoms with E-state index in [0.717, 1.165) is 18.9 Å². The molecule has 0 spiro atoms. The fourth-order valence-electron chi connectivity index (χ4n) is 2.22. The number of hydrogen-bond acceptors (Lipinski definition) is 4. The van der Waals surface area contributed by atoms with Crippen molar-refractivity contribution in [2.75, 3.05) is 6.54 Å². The Balaban J connectivity index is 2.15. The molecule has 1 atom stereocenters. The van der Waals surface area contributed by atoms with E-state index in [9.17, 15) is 0 Å². The van der Waals surface area contributed by atoms with E-state index >= 15 is 0 Å². The first kappa shape index (κ1) is 10.6. The molecule has 0 saturated carbocycles. The first-order valence-corrected chi connectivity index (χ1v) is 5.53. The third kappa shape index (κ3) is 2.06. The molecule has 1 aromatic heterocycles. The molecule has 1 aliphatic heterocycles. The van der Waals surface area contributed by atoms with Gasteiger partial charge >= 0.3 is 0 Å². The SMILES string of the molecule is CC(C)N1CCCC1c1ncc(CO)o1. The Hall–Kier alpha value is -0.870. The maximum atomic E-state index is 8.92. The van der Waals surface area contributed by atoms with Crippen molar-refractivity contribution in [1.29, 1.82) is 0 Å². The number of aromatic nitrogens is 1. The molecule has 0 bridgehead atoms. The van der Waals surface area contributed by atoms with Crippen LogP contribution in [0.3, 0.4) is 0 Å². The van der Waals surface area contributed by atoms with Crippen LogP contribution in [0.4, 0.5) is 0 Å². The fraction of sp³-hybridized carbons (Fsp3) is 0.727. The Kier molecular flexibility index (Phi) is 3.07. The van der Waals surface area contributed by atoms with E-state index < -0.39 is 0 Å². The van der Waals surface area contributed by atoms with E-state index in [0.29, 0.717) is 17.8 Å². The molecular formula is C11H18N2O2. The summed E-state index contributed by atoms with van der Waals surface area (Å²) >= 11 is 0. The van der Waals surface area contributed by atoms with Crippen molar-refractivity contribution in [3.05, 3.63) is 17.8 Å². The molecule has 0 aliphatic carbocycles. The summed E-state index contributed by atoms with van der Waals surface area (Å²) in [6.07, 6.45) is 3.91. The maximum Gasteiger partial charge on any atom is 0.211 e. The molecule has 1 aliphatic rings. The molecule has 2 heterocycles. The van der Waals surface area contributed by atoms with Gasteiger partial charge in [-0.2, -0.15) is 0 Å². The van der Waals surface area contributed by atoms with Crippen LogP contribution in [0.1, 0.15) is 44.4 Å². The highest BCUT2D eigenvalue weighted by Gasteiger charge is 2.31. The summed E-state index contributed by atoms with van der Waals surface area (Å²) in [5.41, 5.74) is 0. The van der Waals surface area contributed by atoms with Gasteiger partial charge in [0.2, 0.25) is 5.89 Å². The quantitative estimate of drug-likeness (QED) is 0.825. The Morgan fingerprint density at radius 1 is 1.67 bits per heavy atom. The summed E-state index contributed by atoms with van der Waals surface area (Å²) in [6.45, 7) is 5.42. The maximum absolute atomic E-state index is 8.92. The van der Waals surface area contributed by atoms with Crippen molar-refractivity contribution in [2.24, 2.45) is 0 Å². The summed E-state index contributed by atoms with van der Waals surface area (Å²) < 4.78 is 5.49. The summed E-state index contributed by atoms with van der Waals surface area (Å²) in [5.74, 6) is 1.31. The lowest BCUT2D eigenvalue weighted by molar-refractivity contribution is 0.171. The third-order valence-electron chi connectivity index (χ3n) is 2.97. The van der Waals surface area contributed by atoms with Gasteiger partial charge in [-0.05, 0) is 33.2 Å². The minimum atomic E-state index is -0.0681. The zero-order valence-electron chi connectivity index (χ0n) is 9.31. The second-order valence-electron chi connectivity index (χ2n) is 4.31. The molecule has 4 nitrogen and oxygen atoms in total. The van der Waals surface area contributed by atoms with Gasteiger partial charge in [-0.1, -0.05) is 0 Å². The molecule has 4 heteroatoms. The monoisotopic (exact) mass is 210 g/mol. The van der Waals surface area contributed by atoms with Crippen LogP contribution in [0.15, 0.2) is 10.6 Å². The van der Waals surface area contributed by atoms with Gasteiger partial charge in [0.15, 0.2) is 0 Å². The molecule has 1 N–H and O–H groups in total. The fourth-order valence-corrected chi connectivity index (χ4v) is 2.22. The Morgan fingerprint density at radius 3 is 3.07 bits per heavy atom. The van der Waals surface area contributed by atoms with Gasteiger partial charge < -0.3 is 9.52 Å². The average molecular weight is 210 g/mol. The van der Waals surface area contributed by atoms with E-state index in [-0.39, 0.29) is 6.61 Å². The van der Waals surface area contributed by atoms with E-state index in [1.54, 1.807) is 6.20 Å². The molecule has 1 fully saturated rings. The Bertz CT molecular complexity index is 322. The minimum absolute atomic E-state index is 0.0681. The van der Waals surface area contributed by atoms with Gasteiger partial charge in [0.05, 0.1) is 12.2 Å².